The summed E-state index contributed by atoms with van der Waals surface area (Å²) < 4.78 is 5.32. The van der Waals surface area contributed by atoms with E-state index in [9.17, 15) is 4.79 Å². The third-order valence-electron chi connectivity index (χ3n) is 3.58. The van der Waals surface area contributed by atoms with Crippen LogP contribution in [-0.4, -0.2) is 31.7 Å². The predicted octanol–water partition coefficient (Wildman–Crippen LogP) is 1.29. The van der Waals surface area contributed by atoms with Gasteiger partial charge in [0.1, 0.15) is 0 Å². The van der Waals surface area contributed by atoms with Crippen molar-refractivity contribution in [2.45, 2.75) is 45.6 Å². The first kappa shape index (κ1) is 14.5. The zero-order valence-electron chi connectivity index (χ0n) is 11.1. The van der Waals surface area contributed by atoms with Crippen LogP contribution < -0.4 is 11.1 Å². The number of hydrogen-bond donors (Lipinski definition) is 2. The molecule has 3 atom stereocenters. The van der Waals surface area contributed by atoms with Crippen LogP contribution in [0.5, 0.6) is 0 Å². The summed E-state index contributed by atoms with van der Waals surface area (Å²) in [6, 6.07) is 0.231. The maximum atomic E-state index is 11.7. The Balaban J connectivity index is 2.15. The second kappa shape index (κ2) is 7.67. The molecule has 0 aromatic heterocycles. The average molecular weight is 242 g/mol. The fourth-order valence-corrected chi connectivity index (χ4v) is 2.20. The number of nitrogens with one attached hydrogen (secondary N) is 1. The van der Waals surface area contributed by atoms with Crippen LogP contribution in [-0.2, 0) is 9.53 Å². The molecule has 0 saturated carbocycles. The van der Waals surface area contributed by atoms with E-state index in [4.69, 9.17) is 10.5 Å². The first-order valence-corrected chi connectivity index (χ1v) is 6.70. The molecule has 3 N–H and O–H groups in total. The second-order valence-electron chi connectivity index (χ2n) is 5.20. The molecule has 1 saturated heterocycles. The first-order chi connectivity index (χ1) is 8.13. The zero-order valence-corrected chi connectivity index (χ0v) is 11.1. The zero-order chi connectivity index (χ0) is 12.7. The van der Waals surface area contributed by atoms with Crippen LogP contribution >= 0.6 is 0 Å². The van der Waals surface area contributed by atoms with Gasteiger partial charge < -0.3 is 15.8 Å². The number of rotatable bonds is 7. The fraction of sp³-hybridized carbons (Fsp3) is 0.923. The molecular formula is C13H26N2O2. The lowest BCUT2D eigenvalue weighted by atomic mass is 9.99. The normalized spacial score (nSPS) is 23.4. The van der Waals surface area contributed by atoms with E-state index in [0.29, 0.717) is 24.8 Å². The van der Waals surface area contributed by atoms with Gasteiger partial charge in [-0.25, -0.2) is 0 Å². The standard InChI is InChI=1S/C13H26N2O2/c1-10(5-7-14)3-4-13(16)15-11(2)12-6-8-17-9-12/h10-12H,3-9,14H2,1-2H3,(H,15,16). The summed E-state index contributed by atoms with van der Waals surface area (Å²) in [4.78, 5) is 11.7. The molecule has 0 radical (unpaired) electrons. The Hall–Kier alpha value is -0.610. The van der Waals surface area contributed by atoms with Gasteiger partial charge in [-0.2, -0.15) is 0 Å². The number of carbonyl (C=O) groups excluding carboxylic acids is 1. The molecule has 4 nitrogen and oxygen atoms in total. The van der Waals surface area contributed by atoms with Crippen LogP contribution in [0.4, 0.5) is 0 Å². The van der Waals surface area contributed by atoms with Crippen molar-refractivity contribution >= 4 is 5.91 Å². The van der Waals surface area contributed by atoms with E-state index in [2.05, 4.69) is 19.2 Å². The average Bonchev–Trinajstić information content (AvgIpc) is 2.80. The monoisotopic (exact) mass is 242 g/mol. The molecule has 1 aliphatic rings. The van der Waals surface area contributed by atoms with Gasteiger partial charge in [-0.05, 0) is 38.6 Å². The van der Waals surface area contributed by atoms with Crippen molar-refractivity contribution in [1.29, 1.82) is 0 Å². The highest BCUT2D eigenvalue weighted by Gasteiger charge is 2.23. The molecule has 0 aromatic carbocycles. The van der Waals surface area contributed by atoms with Crippen LogP contribution in [0.25, 0.3) is 0 Å². The second-order valence-corrected chi connectivity index (χ2v) is 5.20. The minimum Gasteiger partial charge on any atom is -0.381 e. The van der Waals surface area contributed by atoms with E-state index < -0.39 is 0 Å². The van der Waals surface area contributed by atoms with E-state index in [-0.39, 0.29) is 11.9 Å². The number of hydrogen-bond acceptors (Lipinski definition) is 3. The summed E-state index contributed by atoms with van der Waals surface area (Å²) in [6.45, 7) is 6.54. The van der Waals surface area contributed by atoms with Crippen LogP contribution in [0.15, 0.2) is 0 Å². The Morgan fingerprint density at radius 2 is 2.24 bits per heavy atom. The molecule has 100 valence electrons. The lowest BCUT2D eigenvalue weighted by molar-refractivity contribution is -0.122. The summed E-state index contributed by atoms with van der Waals surface area (Å²) in [5.41, 5.74) is 5.48. The minimum atomic E-state index is 0.160. The Bertz CT molecular complexity index is 227. The Kier molecular flexibility index (Phi) is 6.52. The van der Waals surface area contributed by atoms with E-state index >= 15 is 0 Å². The van der Waals surface area contributed by atoms with Crippen LogP contribution in [0.3, 0.4) is 0 Å². The molecule has 1 rings (SSSR count). The molecule has 3 unspecified atom stereocenters. The summed E-state index contributed by atoms with van der Waals surface area (Å²) in [5, 5.41) is 3.07. The summed E-state index contributed by atoms with van der Waals surface area (Å²) in [7, 11) is 0. The van der Waals surface area contributed by atoms with Gasteiger partial charge in [0, 0.05) is 25.0 Å². The molecule has 0 spiro atoms. The highest BCUT2D eigenvalue weighted by Crippen LogP contribution is 2.16. The van der Waals surface area contributed by atoms with Crippen LogP contribution in [0, 0.1) is 11.8 Å². The number of amides is 1. The van der Waals surface area contributed by atoms with Gasteiger partial charge in [0.05, 0.1) is 6.61 Å². The summed E-state index contributed by atoms with van der Waals surface area (Å²) in [5.74, 6) is 1.18. The lowest BCUT2D eigenvalue weighted by Gasteiger charge is -2.19. The maximum Gasteiger partial charge on any atom is 0.220 e. The minimum absolute atomic E-state index is 0.160. The van der Waals surface area contributed by atoms with Crippen LogP contribution in [0.2, 0.25) is 0 Å². The summed E-state index contributed by atoms with van der Waals surface area (Å²) in [6.07, 6.45) is 3.60. The summed E-state index contributed by atoms with van der Waals surface area (Å²) >= 11 is 0. The molecule has 17 heavy (non-hydrogen) atoms. The molecule has 0 aromatic rings. The molecule has 1 aliphatic heterocycles. The Morgan fingerprint density at radius 3 is 2.82 bits per heavy atom. The molecule has 1 heterocycles. The van der Waals surface area contributed by atoms with E-state index in [1.807, 2.05) is 0 Å². The molecule has 4 heteroatoms. The van der Waals surface area contributed by atoms with Gasteiger partial charge in [-0.1, -0.05) is 6.92 Å². The van der Waals surface area contributed by atoms with Gasteiger partial charge in [-0.15, -0.1) is 0 Å². The van der Waals surface area contributed by atoms with Crippen molar-refractivity contribution in [3.8, 4) is 0 Å². The quantitative estimate of drug-likeness (QED) is 0.707. The third-order valence-corrected chi connectivity index (χ3v) is 3.58. The largest absolute Gasteiger partial charge is 0.381 e. The maximum absolute atomic E-state index is 11.7. The fourth-order valence-electron chi connectivity index (χ4n) is 2.20. The lowest BCUT2D eigenvalue weighted by Crippen LogP contribution is -2.38. The van der Waals surface area contributed by atoms with Crippen molar-refractivity contribution < 1.29 is 9.53 Å². The highest BCUT2D eigenvalue weighted by atomic mass is 16.5. The topological polar surface area (TPSA) is 64.4 Å². The van der Waals surface area contributed by atoms with Crippen molar-refractivity contribution in [3.63, 3.8) is 0 Å². The van der Waals surface area contributed by atoms with Crippen molar-refractivity contribution in [2.75, 3.05) is 19.8 Å². The van der Waals surface area contributed by atoms with E-state index in [1.165, 1.54) is 0 Å². The van der Waals surface area contributed by atoms with Gasteiger partial charge >= 0.3 is 0 Å². The van der Waals surface area contributed by atoms with E-state index in [0.717, 1.165) is 32.5 Å². The number of ether oxygens (including phenoxy) is 1. The predicted molar refractivity (Wildman–Crippen MR) is 68.6 cm³/mol. The molecule has 0 aliphatic carbocycles. The van der Waals surface area contributed by atoms with Crippen LogP contribution in [0.1, 0.15) is 39.5 Å². The number of nitrogens with two attached hydrogens (primary N) is 1. The van der Waals surface area contributed by atoms with Gasteiger partial charge in [0.25, 0.3) is 0 Å². The highest BCUT2D eigenvalue weighted by molar-refractivity contribution is 5.76. The first-order valence-electron chi connectivity index (χ1n) is 6.70. The van der Waals surface area contributed by atoms with Crippen molar-refractivity contribution in [1.82, 2.24) is 5.32 Å². The molecule has 1 amide bonds. The molecular weight excluding hydrogens is 216 g/mol. The Morgan fingerprint density at radius 1 is 1.47 bits per heavy atom. The molecule has 0 bridgehead atoms. The van der Waals surface area contributed by atoms with Crippen molar-refractivity contribution in [3.05, 3.63) is 0 Å². The smallest absolute Gasteiger partial charge is 0.220 e. The van der Waals surface area contributed by atoms with Crippen molar-refractivity contribution in [2.24, 2.45) is 17.6 Å². The number of carbonyl (C=O) groups is 1. The SMILES string of the molecule is CC(CCN)CCC(=O)NC(C)C1CCOC1. The van der Waals surface area contributed by atoms with Gasteiger partial charge in [-0.3, -0.25) is 4.79 Å². The third kappa shape index (κ3) is 5.50. The Labute approximate surface area is 104 Å². The van der Waals surface area contributed by atoms with Gasteiger partial charge in [0.2, 0.25) is 5.91 Å². The molecule has 1 fully saturated rings. The van der Waals surface area contributed by atoms with E-state index in [1.54, 1.807) is 0 Å². The van der Waals surface area contributed by atoms with Gasteiger partial charge in [0.15, 0.2) is 0 Å².